The number of nitrogens with two attached hydrogens (primary N) is 1. The number of ether oxygens (including phenoxy) is 1. The number of primary sulfonamides is 1. The molecule has 106 valence electrons. The molecule has 1 aromatic carbocycles. The average Bonchev–Trinajstić information content (AvgIpc) is 3.07. The largest absolute Gasteiger partial charge is 0.495 e. The molecule has 5 nitrogen and oxygen atoms in total. The zero-order chi connectivity index (χ0) is 14.3. The maximum atomic E-state index is 11.4. The van der Waals surface area contributed by atoms with E-state index in [9.17, 15) is 8.42 Å². The van der Waals surface area contributed by atoms with Crippen molar-refractivity contribution in [2.45, 2.75) is 37.6 Å². The first kappa shape index (κ1) is 14.1. The highest BCUT2D eigenvalue weighted by atomic mass is 32.2. The lowest BCUT2D eigenvalue weighted by Gasteiger charge is -2.23. The second-order valence-electron chi connectivity index (χ2n) is 5.43. The van der Waals surface area contributed by atoms with Crippen LogP contribution >= 0.6 is 0 Å². The summed E-state index contributed by atoms with van der Waals surface area (Å²) in [6, 6.07) is 4.83. The third-order valence-corrected chi connectivity index (χ3v) is 4.87. The lowest BCUT2D eigenvalue weighted by Crippen LogP contribution is -2.25. The molecule has 1 unspecified atom stereocenters. The summed E-state index contributed by atoms with van der Waals surface area (Å²) in [5, 5.41) is 8.48. The smallest absolute Gasteiger partial charge is 0.238 e. The Kier molecular flexibility index (Phi) is 3.49. The third kappa shape index (κ3) is 3.01. The monoisotopic (exact) mass is 284 g/mol. The molecule has 0 saturated heterocycles. The first-order valence-electron chi connectivity index (χ1n) is 6.24. The SMILES string of the molecule is COc1ccc(S(N)(=O)=O)cc1NC(C)C1(C)CC1. The molecule has 6 heteroatoms. The Hall–Kier alpha value is -1.27. The highest BCUT2D eigenvalue weighted by molar-refractivity contribution is 7.89. The first-order chi connectivity index (χ1) is 8.76. The fraction of sp³-hybridized carbons (Fsp3) is 0.538. The molecular formula is C13H20N2O3S. The number of hydrogen-bond acceptors (Lipinski definition) is 4. The van der Waals surface area contributed by atoms with Gasteiger partial charge in [0, 0.05) is 6.04 Å². The third-order valence-electron chi connectivity index (χ3n) is 3.96. The van der Waals surface area contributed by atoms with Crippen LogP contribution in [-0.4, -0.2) is 21.6 Å². The fourth-order valence-corrected chi connectivity index (χ4v) is 2.55. The zero-order valence-electron chi connectivity index (χ0n) is 11.4. The van der Waals surface area contributed by atoms with Gasteiger partial charge in [0.15, 0.2) is 0 Å². The minimum Gasteiger partial charge on any atom is -0.495 e. The molecule has 1 fully saturated rings. The van der Waals surface area contributed by atoms with Crippen LogP contribution < -0.4 is 15.2 Å². The second kappa shape index (κ2) is 4.68. The van der Waals surface area contributed by atoms with Gasteiger partial charge >= 0.3 is 0 Å². The van der Waals surface area contributed by atoms with Crippen LogP contribution in [0.2, 0.25) is 0 Å². The van der Waals surface area contributed by atoms with Crippen LogP contribution in [0.3, 0.4) is 0 Å². The van der Waals surface area contributed by atoms with E-state index in [2.05, 4.69) is 19.2 Å². The molecule has 19 heavy (non-hydrogen) atoms. The number of anilines is 1. The van der Waals surface area contributed by atoms with E-state index in [4.69, 9.17) is 9.88 Å². The molecule has 0 amide bonds. The van der Waals surface area contributed by atoms with Crippen molar-refractivity contribution in [2.75, 3.05) is 12.4 Å². The summed E-state index contributed by atoms with van der Waals surface area (Å²) in [4.78, 5) is 0.0870. The van der Waals surface area contributed by atoms with Gasteiger partial charge in [-0.05, 0) is 43.4 Å². The Labute approximate surface area is 114 Å². The summed E-state index contributed by atoms with van der Waals surface area (Å²) in [5.74, 6) is 0.614. The Morgan fingerprint density at radius 3 is 2.53 bits per heavy atom. The van der Waals surface area contributed by atoms with Crippen molar-refractivity contribution in [1.82, 2.24) is 0 Å². The second-order valence-corrected chi connectivity index (χ2v) is 6.99. The molecule has 2 rings (SSSR count). The van der Waals surface area contributed by atoms with Crippen LogP contribution in [0, 0.1) is 5.41 Å². The van der Waals surface area contributed by atoms with Gasteiger partial charge in [0.1, 0.15) is 5.75 Å². The highest BCUT2D eigenvalue weighted by Crippen LogP contribution is 2.49. The van der Waals surface area contributed by atoms with E-state index in [1.807, 2.05) is 0 Å². The van der Waals surface area contributed by atoms with Crippen LogP contribution in [0.5, 0.6) is 5.75 Å². The van der Waals surface area contributed by atoms with Crippen LogP contribution in [0.4, 0.5) is 5.69 Å². The fourth-order valence-electron chi connectivity index (χ4n) is 2.01. The van der Waals surface area contributed by atoms with Crippen molar-refractivity contribution in [2.24, 2.45) is 10.6 Å². The minimum atomic E-state index is -3.70. The molecule has 3 N–H and O–H groups in total. The zero-order valence-corrected chi connectivity index (χ0v) is 12.3. The summed E-state index contributed by atoms with van der Waals surface area (Å²) >= 11 is 0. The summed E-state index contributed by atoms with van der Waals surface area (Å²) in [5.41, 5.74) is 0.942. The lowest BCUT2D eigenvalue weighted by atomic mass is 10.0. The number of hydrogen-bond donors (Lipinski definition) is 2. The summed E-state index contributed by atoms with van der Waals surface area (Å²) in [6.45, 7) is 4.30. The van der Waals surface area contributed by atoms with Gasteiger partial charge in [0.25, 0.3) is 0 Å². The molecule has 1 aliphatic rings. The molecule has 0 bridgehead atoms. The van der Waals surface area contributed by atoms with Gasteiger partial charge in [-0.1, -0.05) is 6.92 Å². The molecule has 1 saturated carbocycles. The molecular weight excluding hydrogens is 264 g/mol. The van der Waals surface area contributed by atoms with Crippen molar-refractivity contribution in [3.05, 3.63) is 18.2 Å². The van der Waals surface area contributed by atoms with E-state index < -0.39 is 10.0 Å². The van der Waals surface area contributed by atoms with E-state index in [0.29, 0.717) is 11.4 Å². The summed E-state index contributed by atoms with van der Waals surface area (Å²) < 4.78 is 28.0. The number of nitrogens with one attached hydrogen (secondary N) is 1. The Morgan fingerprint density at radius 2 is 2.05 bits per heavy atom. The number of methoxy groups -OCH3 is 1. The molecule has 0 aliphatic heterocycles. The lowest BCUT2D eigenvalue weighted by molar-refractivity contribution is 0.413. The van der Waals surface area contributed by atoms with Gasteiger partial charge in [-0.25, -0.2) is 13.6 Å². The highest BCUT2D eigenvalue weighted by Gasteiger charge is 2.42. The van der Waals surface area contributed by atoms with Crippen molar-refractivity contribution < 1.29 is 13.2 Å². The van der Waals surface area contributed by atoms with Crippen LogP contribution in [0.1, 0.15) is 26.7 Å². The standard InChI is InChI=1S/C13H20N2O3S/c1-9(13(2)6-7-13)15-11-8-10(19(14,16)17)4-5-12(11)18-3/h4-5,8-9,15H,6-7H2,1-3H3,(H2,14,16,17). The normalized spacial score (nSPS) is 18.7. The quantitative estimate of drug-likeness (QED) is 0.865. The van der Waals surface area contributed by atoms with E-state index in [-0.39, 0.29) is 16.4 Å². The number of benzene rings is 1. The van der Waals surface area contributed by atoms with Crippen molar-refractivity contribution >= 4 is 15.7 Å². The van der Waals surface area contributed by atoms with Crippen molar-refractivity contribution in [1.29, 1.82) is 0 Å². The Balaban J connectivity index is 2.31. The van der Waals surface area contributed by atoms with Gasteiger partial charge in [-0.3, -0.25) is 0 Å². The molecule has 0 heterocycles. The molecule has 0 aromatic heterocycles. The molecule has 1 aromatic rings. The van der Waals surface area contributed by atoms with E-state index in [1.54, 1.807) is 13.2 Å². The van der Waals surface area contributed by atoms with Gasteiger partial charge in [-0.15, -0.1) is 0 Å². The van der Waals surface area contributed by atoms with Gasteiger partial charge in [0.2, 0.25) is 10.0 Å². The maximum Gasteiger partial charge on any atom is 0.238 e. The van der Waals surface area contributed by atoms with Gasteiger partial charge < -0.3 is 10.1 Å². The molecule has 0 spiro atoms. The maximum absolute atomic E-state index is 11.4. The number of sulfonamides is 1. The molecule has 1 aliphatic carbocycles. The van der Waals surface area contributed by atoms with Crippen LogP contribution in [0.25, 0.3) is 0 Å². The molecule has 0 radical (unpaired) electrons. The van der Waals surface area contributed by atoms with Crippen molar-refractivity contribution in [3.8, 4) is 5.75 Å². The molecule has 1 atom stereocenters. The predicted octanol–water partition coefficient (Wildman–Crippen LogP) is 1.94. The van der Waals surface area contributed by atoms with E-state index in [1.165, 1.54) is 25.0 Å². The Morgan fingerprint density at radius 1 is 1.42 bits per heavy atom. The van der Waals surface area contributed by atoms with Gasteiger partial charge in [-0.2, -0.15) is 0 Å². The van der Waals surface area contributed by atoms with Gasteiger partial charge in [0.05, 0.1) is 17.7 Å². The Bertz CT molecular complexity index is 580. The van der Waals surface area contributed by atoms with Crippen molar-refractivity contribution in [3.63, 3.8) is 0 Å². The average molecular weight is 284 g/mol. The summed E-state index contributed by atoms with van der Waals surface area (Å²) in [6.07, 6.45) is 2.36. The predicted molar refractivity (Wildman–Crippen MR) is 74.8 cm³/mol. The topological polar surface area (TPSA) is 81.4 Å². The summed E-state index contributed by atoms with van der Waals surface area (Å²) in [7, 11) is -2.15. The van der Waals surface area contributed by atoms with Crippen LogP contribution in [-0.2, 0) is 10.0 Å². The minimum absolute atomic E-state index is 0.0870. The van der Waals surface area contributed by atoms with E-state index >= 15 is 0 Å². The first-order valence-corrected chi connectivity index (χ1v) is 7.78. The van der Waals surface area contributed by atoms with Crippen LogP contribution in [0.15, 0.2) is 23.1 Å². The van der Waals surface area contributed by atoms with E-state index in [0.717, 1.165) is 0 Å². The number of rotatable bonds is 5.